The first-order valence-corrected chi connectivity index (χ1v) is 7.33. The third kappa shape index (κ3) is 2.59. The minimum Gasteiger partial charge on any atom is -0.480 e. The highest BCUT2D eigenvalue weighted by Crippen LogP contribution is 2.27. The van der Waals surface area contributed by atoms with Crippen LogP contribution in [0.5, 0.6) is 0 Å². The fourth-order valence-corrected chi connectivity index (χ4v) is 3.28. The second kappa shape index (κ2) is 5.10. The Morgan fingerprint density at radius 3 is 2.40 bits per heavy atom. The smallest absolute Gasteiger partial charge is 0.321 e. The van der Waals surface area contributed by atoms with Gasteiger partial charge in [-0.3, -0.25) is 4.79 Å². The van der Waals surface area contributed by atoms with E-state index < -0.39 is 22.0 Å². The van der Waals surface area contributed by atoms with Gasteiger partial charge in [-0.15, -0.1) is 0 Å². The molecule has 2 aromatic carbocycles. The van der Waals surface area contributed by atoms with Crippen LogP contribution in [-0.2, 0) is 14.8 Å². The summed E-state index contributed by atoms with van der Waals surface area (Å²) in [6, 6.07) is 8.44. The molecule has 0 saturated carbocycles. The topological polar surface area (TPSA) is 109 Å². The molecule has 2 aromatic rings. The molecule has 6 nitrogen and oxygen atoms in total. The molecule has 1 atom stereocenters. The molecule has 1 unspecified atom stereocenters. The van der Waals surface area contributed by atoms with E-state index in [0.717, 1.165) is 0 Å². The number of nitrogens with one attached hydrogen (secondary N) is 1. The number of carboxylic acid groups (broad SMARTS) is 1. The van der Waals surface area contributed by atoms with Gasteiger partial charge in [0, 0.05) is 16.5 Å². The summed E-state index contributed by atoms with van der Waals surface area (Å²) in [7, 11) is -3.93. The standard InChI is InChI=1S/C13H14N2O4S/c1-8(13(16)17)15-20(18,19)12-7-6-11(14)9-4-2-3-5-10(9)12/h2-8,15H,14H2,1H3,(H,16,17). The molecule has 7 heteroatoms. The number of hydrogen-bond acceptors (Lipinski definition) is 4. The van der Waals surface area contributed by atoms with Gasteiger partial charge in [0.05, 0.1) is 4.90 Å². The van der Waals surface area contributed by atoms with Crippen LogP contribution in [0.2, 0.25) is 0 Å². The third-order valence-electron chi connectivity index (χ3n) is 2.91. The van der Waals surface area contributed by atoms with E-state index in [2.05, 4.69) is 4.72 Å². The number of nitrogens with two attached hydrogens (primary N) is 1. The number of nitrogen functional groups attached to an aromatic ring is 1. The van der Waals surface area contributed by atoms with Crippen LogP contribution in [0.25, 0.3) is 10.8 Å². The van der Waals surface area contributed by atoms with Crippen molar-refractivity contribution in [2.75, 3.05) is 5.73 Å². The van der Waals surface area contributed by atoms with E-state index in [4.69, 9.17) is 10.8 Å². The molecule has 0 radical (unpaired) electrons. The Morgan fingerprint density at radius 1 is 1.20 bits per heavy atom. The van der Waals surface area contributed by atoms with Gasteiger partial charge in [0.2, 0.25) is 10.0 Å². The van der Waals surface area contributed by atoms with E-state index in [1.165, 1.54) is 19.1 Å². The fraction of sp³-hybridized carbons (Fsp3) is 0.154. The van der Waals surface area contributed by atoms with Crippen molar-refractivity contribution in [2.24, 2.45) is 0 Å². The molecule has 0 bridgehead atoms. The van der Waals surface area contributed by atoms with E-state index >= 15 is 0 Å². The highest BCUT2D eigenvalue weighted by molar-refractivity contribution is 7.89. The maximum atomic E-state index is 12.3. The van der Waals surface area contributed by atoms with Gasteiger partial charge in [0.15, 0.2) is 0 Å². The summed E-state index contributed by atoms with van der Waals surface area (Å²) in [5.41, 5.74) is 6.27. The minimum absolute atomic E-state index is 0.00963. The molecule has 0 spiro atoms. The van der Waals surface area contributed by atoms with Crippen LogP contribution in [-0.4, -0.2) is 25.5 Å². The van der Waals surface area contributed by atoms with Crippen molar-refractivity contribution in [1.29, 1.82) is 0 Å². The Morgan fingerprint density at radius 2 is 1.80 bits per heavy atom. The molecule has 0 aliphatic rings. The van der Waals surface area contributed by atoms with Gasteiger partial charge in [-0.1, -0.05) is 24.3 Å². The van der Waals surface area contributed by atoms with Crippen molar-refractivity contribution in [1.82, 2.24) is 4.72 Å². The first-order valence-electron chi connectivity index (χ1n) is 5.85. The molecule has 0 amide bonds. The van der Waals surface area contributed by atoms with Crippen LogP contribution < -0.4 is 10.5 Å². The van der Waals surface area contributed by atoms with Crippen LogP contribution in [0.4, 0.5) is 5.69 Å². The third-order valence-corrected chi connectivity index (χ3v) is 4.51. The van der Waals surface area contributed by atoms with Crippen LogP contribution in [0.15, 0.2) is 41.3 Å². The highest BCUT2D eigenvalue weighted by atomic mass is 32.2. The molecular formula is C13H14N2O4S. The van der Waals surface area contributed by atoms with Gasteiger partial charge in [0.1, 0.15) is 6.04 Å². The van der Waals surface area contributed by atoms with Crippen molar-refractivity contribution in [2.45, 2.75) is 17.9 Å². The molecular weight excluding hydrogens is 280 g/mol. The van der Waals surface area contributed by atoms with Crippen molar-refractivity contribution < 1.29 is 18.3 Å². The van der Waals surface area contributed by atoms with Gasteiger partial charge >= 0.3 is 5.97 Å². The van der Waals surface area contributed by atoms with Crippen LogP contribution in [0.1, 0.15) is 6.92 Å². The maximum absolute atomic E-state index is 12.3. The predicted molar refractivity (Wildman–Crippen MR) is 75.8 cm³/mol. The summed E-state index contributed by atoms with van der Waals surface area (Å²) in [5.74, 6) is -1.24. The number of carboxylic acids is 1. The Labute approximate surface area is 116 Å². The number of rotatable bonds is 4. The molecule has 0 heterocycles. The fourth-order valence-electron chi connectivity index (χ4n) is 1.88. The zero-order chi connectivity index (χ0) is 14.9. The number of hydrogen-bond donors (Lipinski definition) is 3. The number of carbonyl (C=O) groups is 1. The Kier molecular flexibility index (Phi) is 3.65. The van der Waals surface area contributed by atoms with Gasteiger partial charge in [0.25, 0.3) is 0 Å². The summed E-state index contributed by atoms with van der Waals surface area (Å²) < 4.78 is 26.6. The second-order valence-corrected chi connectivity index (χ2v) is 6.06. The lowest BCUT2D eigenvalue weighted by Crippen LogP contribution is -2.38. The first kappa shape index (κ1) is 14.3. The lowest BCUT2D eigenvalue weighted by molar-refractivity contribution is -0.138. The molecule has 4 N–H and O–H groups in total. The summed E-state index contributed by atoms with van der Waals surface area (Å²) >= 11 is 0. The zero-order valence-corrected chi connectivity index (χ0v) is 11.5. The molecule has 0 aromatic heterocycles. The number of anilines is 1. The molecule has 20 heavy (non-hydrogen) atoms. The number of aliphatic carboxylic acids is 1. The van der Waals surface area contributed by atoms with Crippen LogP contribution in [0.3, 0.4) is 0 Å². The molecule has 0 fully saturated rings. The molecule has 106 valence electrons. The lowest BCUT2D eigenvalue weighted by Gasteiger charge is -2.13. The molecule has 0 saturated heterocycles. The highest BCUT2D eigenvalue weighted by Gasteiger charge is 2.23. The van der Waals surface area contributed by atoms with Gasteiger partial charge in [-0.25, -0.2) is 8.42 Å². The summed E-state index contributed by atoms with van der Waals surface area (Å²) in [6.45, 7) is 1.26. The van der Waals surface area contributed by atoms with E-state index in [9.17, 15) is 13.2 Å². The average molecular weight is 294 g/mol. The van der Waals surface area contributed by atoms with Gasteiger partial charge < -0.3 is 10.8 Å². The Bertz CT molecular complexity index is 771. The SMILES string of the molecule is CC(NS(=O)(=O)c1ccc(N)c2ccccc12)C(=O)O. The second-order valence-electron chi connectivity index (χ2n) is 4.38. The average Bonchev–Trinajstić information content (AvgIpc) is 2.38. The van der Waals surface area contributed by atoms with Gasteiger partial charge in [-0.2, -0.15) is 4.72 Å². The van der Waals surface area contributed by atoms with Crippen LogP contribution in [0, 0.1) is 0 Å². The number of sulfonamides is 1. The quantitative estimate of drug-likeness (QED) is 0.733. The van der Waals surface area contributed by atoms with E-state index in [0.29, 0.717) is 16.5 Å². The largest absolute Gasteiger partial charge is 0.480 e. The van der Waals surface area contributed by atoms with E-state index in [1.807, 2.05) is 0 Å². The minimum atomic E-state index is -3.93. The Hall–Kier alpha value is -2.12. The lowest BCUT2D eigenvalue weighted by atomic mass is 10.1. The zero-order valence-electron chi connectivity index (χ0n) is 10.7. The monoisotopic (exact) mass is 294 g/mol. The number of fused-ring (bicyclic) bond motifs is 1. The molecule has 0 aliphatic carbocycles. The van der Waals surface area contributed by atoms with Gasteiger partial charge in [-0.05, 0) is 19.1 Å². The summed E-state index contributed by atoms with van der Waals surface area (Å²) in [6.07, 6.45) is 0. The normalized spacial score (nSPS) is 13.2. The summed E-state index contributed by atoms with van der Waals surface area (Å²) in [5, 5.41) is 9.87. The van der Waals surface area contributed by atoms with Crippen LogP contribution >= 0.6 is 0 Å². The predicted octanol–water partition coefficient (Wildman–Crippen LogP) is 1.17. The Balaban J connectivity index is 2.58. The first-order chi connectivity index (χ1) is 9.33. The number of benzene rings is 2. The van der Waals surface area contributed by atoms with Crippen molar-refractivity contribution in [3.8, 4) is 0 Å². The maximum Gasteiger partial charge on any atom is 0.321 e. The van der Waals surface area contributed by atoms with Crippen molar-refractivity contribution >= 4 is 32.5 Å². The van der Waals surface area contributed by atoms with Crippen molar-refractivity contribution in [3.63, 3.8) is 0 Å². The summed E-state index contributed by atoms with van der Waals surface area (Å²) in [4.78, 5) is 10.8. The van der Waals surface area contributed by atoms with E-state index in [-0.39, 0.29) is 4.90 Å². The molecule has 0 aliphatic heterocycles. The molecule has 2 rings (SSSR count). The van der Waals surface area contributed by atoms with E-state index in [1.54, 1.807) is 24.3 Å². The van der Waals surface area contributed by atoms with Crippen molar-refractivity contribution in [3.05, 3.63) is 36.4 Å².